The zero-order valence-corrected chi connectivity index (χ0v) is 11.8. The van der Waals surface area contributed by atoms with Gasteiger partial charge in [0.1, 0.15) is 12.7 Å². The molecule has 0 fully saturated rings. The average Bonchev–Trinajstić information content (AvgIpc) is 2.71. The fourth-order valence-electron chi connectivity index (χ4n) is 2.52. The molecule has 108 valence electrons. The number of nitrogens with two attached hydrogens (primary N) is 1. The number of aliphatic carboxylic acids is 1. The molecule has 5 heteroatoms. The van der Waals surface area contributed by atoms with Crippen molar-refractivity contribution in [3.8, 4) is 0 Å². The van der Waals surface area contributed by atoms with Crippen LogP contribution in [0.3, 0.4) is 0 Å². The molecule has 0 radical (unpaired) electrons. The van der Waals surface area contributed by atoms with E-state index in [1.807, 2.05) is 6.20 Å². The van der Waals surface area contributed by atoms with Crippen LogP contribution in [0.2, 0.25) is 0 Å². The summed E-state index contributed by atoms with van der Waals surface area (Å²) in [5, 5.41) is 9.08. The lowest BCUT2D eigenvalue weighted by Gasteiger charge is -2.30. The number of unbranched alkanes of at least 4 members (excludes halogenated alkanes) is 4. The van der Waals surface area contributed by atoms with E-state index in [2.05, 4.69) is 11.9 Å². The van der Waals surface area contributed by atoms with Crippen molar-refractivity contribution < 1.29 is 14.4 Å². The maximum atomic E-state index is 11.1. The molecule has 19 heavy (non-hydrogen) atoms. The summed E-state index contributed by atoms with van der Waals surface area (Å²) in [5.74, 6) is 0.142. The Balaban J connectivity index is 2.52. The topological polar surface area (TPSA) is 75.7 Å². The summed E-state index contributed by atoms with van der Waals surface area (Å²) in [5.41, 5.74) is 5.63. The zero-order valence-electron chi connectivity index (χ0n) is 11.8. The average molecular weight is 268 g/mol. The van der Waals surface area contributed by atoms with Gasteiger partial charge in [0.05, 0.1) is 6.20 Å². The summed E-state index contributed by atoms with van der Waals surface area (Å²) in [6, 6.07) is 0. The lowest BCUT2D eigenvalue weighted by atomic mass is 10.1. The van der Waals surface area contributed by atoms with E-state index in [1.54, 1.807) is 6.20 Å². The highest BCUT2D eigenvalue weighted by atomic mass is 16.4. The number of hydrogen-bond acceptors (Lipinski definition) is 3. The van der Waals surface area contributed by atoms with Gasteiger partial charge in [0.15, 0.2) is 6.54 Å². The minimum atomic E-state index is -0.807. The van der Waals surface area contributed by atoms with Gasteiger partial charge in [-0.15, -0.1) is 0 Å². The van der Waals surface area contributed by atoms with Crippen molar-refractivity contribution in [2.75, 3.05) is 19.6 Å². The van der Waals surface area contributed by atoms with E-state index in [-0.39, 0.29) is 6.54 Å². The third kappa shape index (κ3) is 4.76. The lowest BCUT2D eigenvalue weighted by molar-refractivity contribution is -0.778. The van der Waals surface area contributed by atoms with Gasteiger partial charge >= 0.3 is 5.97 Å². The van der Waals surface area contributed by atoms with E-state index >= 15 is 0 Å². The monoisotopic (exact) mass is 268 g/mol. The number of carboxylic acids is 1. The normalized spacial score (nSPS) is 21.7. The Hall–Kier alpha value is -1.20. The van der Waals surface area contributed by atoms with Gasteiger partial charge in [-0.1, -0.05) is 32.6 Å². The van der Waals surface area contributed by atoms with Gasteiger partial charge in [-0.25, -0.2) is 14.3 Å². The van der Waals surface area contributed by atoms with Gasteiger partial charge in [-0.3, -0.25) is 0 Å². The third-order valence-electron chi connectivity index (χ3n) is 3.54. The highest BCUT2D eigenvalue weighted by Gasteiger charge is 2.36. The van der Waals surface area contributed by atoms with Crippen molar-refractivity contribution in [2.24, 2.45) is 10.7 Å². The van der Waals surface area contributed by atoms with Crippen LogP contribution >= 0.6 is 0 Å². The summed E-state index contributed by atoms with van der Waals surface area (Å²) in [6.45, 7) is 3.31. The second-order valence-corrected chi connectivity index (χ2v) is 5.11. The molecular formula is C14H26N3O2+. The Bertz CT molecular complexity index is 353. The standard InChI is InChI=1S/C14H25N3O2/c1-2-3-4-5-6-7-13-16-9-11-17(13,10-8-15)12-14(18)19/h9,11H,2-8,10,12,15H2,1H3/p+1. The van der Waals surface area contributed by atoms with E-state index in [9.17, 15) is 4.79 Å². The number of aliphatic imine (C=N–C) groups is 1. The van der Waals surface area contributed by atoms with Crippen molar-refractivity contribution in [2.45, 2.75) is 45.4 Å². The van der Waals surface area contributed by atoms with Crippen LogP contribution in [0.25, 0.3) is 0 Å². The molecule has 0 aromatic heterocycles. The van der Waals surface area contributed by atoms with Crippen molar-refractivity contribution in [1.82, 2.24) is 0 Å². The van der Waals surface area contributed by atoms with E-state index in [0.717, 1.165) is 18.7 Å². The first-order valence-corrected chi connectivity index (χ1v) is 7.18. The van der Waals surface area contributed by atoms with Crippen LogP contribution in [-0.2, 0) is 4.79 Å². The molecule has 1 atom stereocenters. The predicted molar refractivity (Wildman–Crippen MR) is 76.6 cm³/mol. The predicted octanol–water partition coefficient (Wildman–Crippen LogP) is 2.09. The first-order valence-electron chi connectivity index (χ1n) is 7.18. The minimum Gasteiger partial charge on any atom is -0.477 e. The second-order valence-electron chi connectivity index (χ2n) is 5.11. The van der Waals surface area contributed by atoms with E-state index in [0.29, 0.717) is 17.6 Å². The molecule has 1 unspecified atom stereocenters. The summed E-state index contributed by atoms with van der Waals surface area (Å²) in [6.07, 6.45) is 10.4. The van der Waals surface area contributed by atoms with Gasteiger partial charge in [0, 0.05) is 13.0 Å². The van der Waals surface area contributed by atoms with Gasteiger partial charge in [-0.05, 0) is 6.42 Å². The first-order chi connectivity index (χ1) is 9.14. The fourth-order valence-corrected chi connectivity index (χ4v) is 2.52. The number of carboxylic acid groups (broad SMARTS) is 1. The summed E-state index contributed by atoms with van der Waals surface area (Å²) >= 11 is 0. The smallest absolute Gasteiger partial charge is 0.360 e. The Morgan fingerprint density at radius 2 is 2.11 bits per heavy atom. The van der Waals surface area contributed by atoms with Gasteiger partial charge in [-0.2, -0.15) is 0 Å². The summed E-state index contributed by atoms with van der Waals surface area (Å²) < 4.78 is 0.305. The molecule has 1 heterocycles. The highest BCUT2D eigenvalue weighted by molar-refractivity contribution is 5.81. The molecule has 1 aliphatic heterocycles. The lowest BCUT2D eigenvalue weighted by Crippen LogP contribution is -2.52. The van der Waals surface area contributed by atoms with E-state index in [1.165, 1.54) is 25.7 Å². The van der Waals surface area contributed by atoms with Crippen molar-refractivity contribution in [3.05, 3.63) is 12.4 Å². The highest BCUT2D eigenvalue weighted by Crippen LogP contribution is 2.20. The fraction of sp³-hybridized carbons (Fsp3) is 0.714. The number of rotatable bonds is 10. The van der Waals surface area contributed by atoms with Crippen LogP contribution < -0.4 is 5.73 Å². The van der Waals surface area contributed by atoms with Crippen LogP contribution in [0.15, 0.2) is 17.4 Å². The molecular weight excluding hydrogens is 242 g/mol. The first kappa shape index (κ1) is 15.9. The second kappa shape index (κ2) is 8.07. The quantitative estimate of drug-likeness (QED) is 0.470. The molecule has 0 bridgehead atoms. The molecule has 5 nitrogen and oxygen atoms in total. The van der Waals surface area contributed by atoms with Crippen molar-refractivity contribution >= 4 is 11.8 Å². The minimum absolute atomic E-state index is 0.0431. The maximum Gasteiger partial charge on any atom is 0.360 e. The van der Waals surface area contributed by atoms with Crippen LogP contribution in [0.4, 0.5) is 0 Å². The number of amidine groups is 1. The van der Waals surface area contributed by atoms with Crippen molar-refractivity contribution in [3.63, 3.8) is 0 Å². The molecule has 1 rings (SSSR count). The SMILES string of the molecule is CCCCCCCC1=NC=C[N+]1(CCN)CC(=O)O. The Morgan fingerprint density at radius 1 is 1.37 bits per heavy atom. The Morgan fingerprint density at radius 3 is 2.74 bits per heavy atom. The van der Waals surface area contributed by atoms with Crippen LogP contribution in [-0.4, -0.2) is 41.0 Å². The molecule has 0 aromatic rings. The molecule has 1 aliphatic rings. The van der Waals surface area contributed by atoms with Crippen molar-refractivity contribution in [1.29, 1.82) is 0 Å². The number of nitrogens with zero attached hydrogens (tertiary/aromatic N) is 2. The third-order valence-corrected chi connectivity index (χ3v) is 3.54. The van der Waals surface area contributed by atoms with Crippen LogP contribution in [0.1, 0.15) is 45.4 Å². The maximum absolute atomic E-state index is 11.1. The van der Waals surface area contributed by atoms with E-state index < -0.39 is 5.97 Å². The molecule has 0 saturated heterocycles. The number of hydrogen-bond donors (Lipinski definition) is 2. The molecule has 3 N–H and O–H groups in total. The van der Waals surface area contributed by atoms with E-state index in [4.69, 9.17) is 10.8 Å². The van der Waals surface area contributed by atoms with Gasteiger partial charge in [0.2, 0.25) is 5.84 Å². The summed E-state index contributed by atoms with van der Waals surface area (Å²) in [4.78, 5) is 15.4. The molecule has 0 spiro atoms. The largest absolute Gasteiger partial charge is 0.477 e. The van der Waals surface area contributed by atoms with Gasteiger partial charge < -0.3 is 10.8 Å². The molecule has 0 amide bonds. The summed E-state index contributed by atoms with van der Waals surface area (Å²) in [7, 11) is 0. The zero-order chi connectivity index (χ0) is 14.1. The number of quaternary nitrogens is 1. The number of carbonyl (C=O) groups is 1. The van der Waals surface area contributed by atoms with Crippen LogP contribution in [0, 0.1) is 0 Å². The van der Waals surface area contributed by atoms with Crippen LogP contribution in [0.5, 0.6) is 0 Å². The molecule has 0 saturated carbocycles. The Labute approximate surface area is 115 Å². The molecule has 0 aromatic carbocycles. The molecule has 0 aliphatic carbocycles. The van der Waals surface area contributed by atoms with Gasteiger partial charge in [0.25, 0.3) is 0 Å². The Kier molecular flexibility index (Phi) is 6.73.